The molecular weight excluding hydrogens is 270 g/mol. The highest BCUT2D eigenvalue weighted by molar-refractivity contribution is 9.10. The van der Waals surface area contributed by atoms with Gasteiger partial charge in [-0.1, -0.05) is 12.1 Å². The van der Waals surface area contributed by atoms with Gasteiger partial charge < -0.3 is 9.84 Å². The summed E-state index contributed by atoms with van der Waals surface area (Å²) in [6.45, 7) is -0.0897. The number of aromatic nitrogens is 1. The monoisotopic (exact) mass is 279 g/mol. The van der Waals surface area contributed by atoms with E-state index in [-0.39, 0.29) is 6.61 Å². The molecule has 3 nitrogen and oxygen atoms in total. The molecule has 16 heavy (non-hydrogen) atoms. The number of aliphatic hydroxyl groups excluding tert-OH is 1. The minimum absolute atomic E-state index is 0.0897. The molecule has 82 valence electrons. The molecule has 0 aliphatic heterocycles. The number of para-hydroxylation sites is 1. The van der Waals surface area contributed by atoms with Crippen molar-refractivity contribution in [1.82, 2.24) is 4.98 Å². The van der Waals surface area contributed by atoms with Gasteiger partial charge in [0, 0.05) is 11.8 Å². The number of pyridine rings is 1. The normalized spacial score (nSPS) is 10.1. The predicted molar refractivity (Wildman–Crippen MR) is 64.4 cm³/mol. The third-order valence-electron chi connectivity index (χ3n) is 2.06. The van der Waals surface area contributed by atoms with Crippen molar-refractivity contribution in [2.75, 3.05) is 0 Å². The highest BCUT2D eigenvalue weighted by Crippen LogP contribution is 2.29. The first-order valence-corrected chi connectivity index (χ1v) is 5.57. The quantitative estimate of drug-likeness (QED) is 0.939. The Morgan fingerprint density at radius 2 is 2.00 bits per heavy atom. The molecule has 0 radical (unpaired) electrons. The van der Waals surface area contributed by atoms with Gasteiger partial charge in [0.25, 0.3) is 0 Å². The molecule has 0 unspecified atom stereocenters. The van der Waals surface area contributed by atoms with Crippen LogP contribution >= 0.6 is 15.9 Å². The molecule has 4 heteroatoms. The Morgan fingerprint density at radius 1 is 1.19 bits per heavy atom. The zero-order chi connectivity index (χ0) is 11.4. The van der Waals surface area contributed by atoms with E-state index >= 15 is 0 Å². The molecular formula is C12H10BrNO2. The topological polar surface area (TPSA) is 42.4 Å². The predicted octanol–water partition coefficient (Wildman–Crippen LogP) is 3.13. The second-order valence-corrected chi connectivity index (χ2v) is 4.01. The van der Waals surface area contributed by atoms with Crippen LogP contribution in [0.15, 0.2) is 47.1 Å². The van der Waals surface area contributed by atoms with Crippen LogP contribution in [-0.4, -0.2) is 10.1 Å². The van der Waals surface area contributed by atoms with E-state index in [4.69, 9.17) is 9.84 Å². The Bertz CT molecular complexity index is 488. The van der Waals surface area contributed by atoms with Gasteiger partial charge in [-0.05, 0) is 40.2 Å². The summed E-state index contributed by atoms with van der Waals surface area (Å²) in [5, 5.41) is 9.13. The van der Waals surface area contributed by atoms with Gasteiger partial charge in [-0.2, -0.15) is 0 Å². The summed E-state index contributed by atoms with van der Waals surface area (Å²) in [6.07, 6.45) is 1.63. The highest BCUT2D eigenvalue weighted by Gasteiger charge is 2.06. The van der Waals surface area contributed by atoms with Crippen LogP contribution in [-0.2, 0) is 6.61 Å². The van der Waals surface area contributed by atoms with E-state index < -0.39 is 0 Å². The van der Waals surface area contributed by atoms with Crippen LogP contribution in [0.2, 0.25) is 0 Å². The van der Waals surface area contributed by atoms with Crippen LogP contribution < -0.4 is 4.74 Å². The maximum absolute atomic E-state index is 9.13. The number of hydrogen-bond donors (Lipinski definition) is 1. The van der Waals surface area contributed by atoms with Crippen molar-refractivity contribution < 1.29 is 9.84 Å². The maximum atomic E-state index is 9.13. The van der Waals surface area contributed by atoms with Gasteiger partial charge in [-0.15, -0.1) is 0 Å². The molecule has 0 saturated heterocycles. The van der Waals surface area contributed by atoms with Crippen molar-refractivity contribution in [3.63, 3.8) is 0 Å². The first kappa shape index (κ1) is 11.1. The zero-order valence-corrected chi connectivity index (χ0v) is 10.0. The fourth-order valence-electron chi connectivity index (χ4n) is 1.27. The fourth-order valence-corrected chi connectivity index (χ4v) is 1.63. The van der Waals surface area contributed by atoms with Gasteiger partial charge in [0.2, 0.25) is 5.88 Å². The van der Waals surface area contributed by atoms with Gasteiger partial charge in [0.05, 0.1) is 11.1 Å². The molecule has 1 aromatic carbocycles. The molecule has 1 N–H and O–H groups in total. The molecule has 0 aliphatic rings. The molecule has 0 fully saturated rings. The Labute approximate surface area is 102 Å². The van der Waals surface area contributed by atoms with Crippen LogP contribution in [0.1, 0.15) is 5.56 Å². The Hall–Kier alpha value is -1.39. The van der Waals surface area contributed by atoms with Crippen molar-refractivity contribution in [3.05, 3.63) is 52.6 Å². The number of aliphatic hydroxyl groups is 1. The molecule has 0 aliphatic carbocycles. The number of rotatable bonds is 3. The molecule has 2 aromatic rings. The van der Waals surface area contributed by atoms with Crippen molar-refractivity contribution in [1.29, 1.82) is 0 Å². The number of benzene rings is 1. The Morgan fingerprint density at radius 3 is 2.75 bits per heavy atom. The minimum atomic E-state index is -0.0897. The van der Waals surface area contributed by atoms with E-state index in [1.165, 1.54) is 0 Å². The van der Waals surface area contributed by atoms with E-state index in [0.717, 1.165) is 4.47 Å². The smallest absolute Gasteiger partial charge is 0.224 e. The fraction of sp³-hybridized carbons (Fsp3) is 0.0833. The first-order valence-electron chi connectivity index (χ1n) is 4.78. The van der Waals surface area contributed by atoms with Crippen LogP contribution in [0.5, 0.6) is 11.6 Å². The van der Waals surface area contributed by atoms with E-state index in [1.807, 2.05) is 24.3 Å². The average molecular weight is 280 g/mol. The molecule has 1 heterocycles. The number of halogens is 1. The van der Waals surface area contributed by atoms with E-state index in [9.17, 15) is 0 Å². The van der Waals surface area contributed by atoms with Gasteiger partial charge in [-0.3, -0.25) is 0 Å². The molecule has 0 atom stereocenters. The first-order chi connectivity index (χ1) is 7.81. The lowest BCUT2D eigenvalue weighted by Gasteiger charge is -2.09. The summed E-state index contributed by atoms with van der Waals surface area (Å²) in [4.78, 5) is 4.08. The second kappa shape index (κ2) is 5.09. The lowest BCUT2D eigenvalue weighted by molar-refractivity contribution is 0.275. The van der Waals surface area contributed by atoms with Gasteiger partial charge in [0.15, 0.2) is 0 Å². The lowest BCUT2D eigenvalue weighted by Crippen LogP contribution is -1.94. The number of ether oxygens (including phenoxy) is 1. The van der Waals surface area contributed by atoms with Crippen LogP contribution in [0, 0.1) is 0 Å². The number of hydrogen-bond acceptors (Lipinski definition) is 3. The van der Waals surface area contributed by atoms with Crippen molar-refractivity contribution in [2.24, 2.45) is 0 Å². The number of nitrogens with zero attached hydrogens (tertiary/aromatic N) is 1. The third kappa shape index (κ3) is 2.40. The van der Waals surface area contributed by atoms with Crippen LogP contribution in [0.4, 0.5) is 0 Å². The summed E-state index contributed by atoms with van der Waals surface area (Å²) < 4.78 is 6.46. The minimum Gasteiger partial charge on any atom is -0.437 e. The van der Waals surface area contributed by atoms with E-state index in [0.29, 0.717) is 17.2 Å². The highest BCUT2D eigenvalue weighted by atomic mass is 79.9. The van der Waals surface area contributed by atoms with Gasteiger partial charge in [0.1, 0.15) is 5.75 Å². The average Bonchev–Trinajstić information content (AvgIpc) is 2.33. The van der Waals surface area contributed by atoms with Crippen LogP contribution in [0.25, 0.3) is 0 Å². The Balaban J connectivity index is 2.30. The van der Waals surface area contributed by atoms with Crippen LogP contribution in [0.3, 0.4) is 0 Å². The summed E-state index contributed by atoms with van der Waals surface area (Å²) >= 11 is 3.38. The lowest BCUT2D eigenvalue weighted by atomic mass is 10.3. The standard InChI is InChI=1S/C12H10BrNO2/c13-10-5-1-2-6-11(10)16-12-9(8-15)4-3-7-14-12/h1-7,15H,8H2. The Kier molecular flexibility index (Phi) is 3.54. The zero-order valence-electron chi connectivity index (χ0n) is 8.43. The largest absolute Gasteiger partial charge is 0.437 e. The molecule has 2 rings (SSSR count). The summed E-state index contributed by atoms with van der Waals surface area (Å²) in [5.41, 5.74) is 0.665. The SMILES string of the molecule is OCc1cccnc1Oc1ccccc1Br. The van der Waals surface area contributed by atoms with E-state index in [2.05, 4.69) is 20.9 Å². The summed E-state index contributed by atoms with van der Waals surface area (Å²) in [7, 11) is 0. The molecule has 0 spiro atoms. The van der Waals surface area contributed by atoms with Crippen molar-refractivity contribution >= 4 is 15.9 Å². The third-order valence-corrected chi connectivity index (χ3v) is 2.72. The van der Waals surface area contributed by atoms with Crippen molar-refractivity contribution in [3.8, 4) is 11.6 Å². The van der Waals surface area contributed by atoms with Gasteiger partial charge >= 0.3 is 0 Å². The van der Waals surface area contributed by atoms with E-state index in [1.54, 1.807) is 18.3 Å². The summed E-state index contributed by atoms with van der Waals surface area (Å²) in [6, 6.07) is 11.0. The molecule has 0 amide bonds. The second-order valence-electron chi connectivity index (χ2n) is 3.16. The van der Waals surface area contributed by atoms with Gasteiger partial charge in [-0.25, -0.2) is 4.98 Å². The molecule has 1 aromatic heterocycles. The molecule has 0 saturated carbocycles. The molecule has 0 bridgehead atoms. The van der Waals surface area contributed by atoms with Crippen molar-refractivity contribution in [2.45, 2.75) is 6.61 Å². The summed E-state index contributed by atoms with van der Waals surface area (Å²) in [5.74, 6) is 1.10. The maximum Gasteiger partial charge on any atom is 0.224 e.